The largest absolute Gasteiger partial charge is 0.388 e. The first-order valence-electron chi connectivity index (χ1n) is 4.11. The fourth-order valence-electron chi connectivity index (χ4n) is 1.36. The lowest BCUT2D eigenvalue weighted by Gasteiger charge is -2.40. The van der Waals surface area contributed by atoms with E-state index in [0.29, 0.717) is 0 Å². The van der Waals surface area contributed by atoms with E-state index < -0.39 is 30.6 Å². The molecule has 6 N–H and O–H groups in total. The Morgan fingerprint density at radius 2 is 1.80 bits per heavy atom. The summed E-state index contributed by atoms with van der Waals surface area (Å²) in [5.74, 6) is 0. The van der Waals surface area contributed by atoms with Gasteiger partial charge in [-0.25, -0.2) is 0 Å². The van der Waals surface area contributed by atoms with E-state index >= 15 is 0 Å². The van der Waals surface area contributed by atoms with Gasteiger partial charge in [-0.1, -0.05) is 0 Å². The number of hydrogen-bond acceptors (Lipinski definition) is 6. The molecule has 0 aromatic heterocycles. The van der Waals surface area contributed by atoms with Crippen LogP contribution in [0.4, 0.5) is 0 Å². The third-order valence-corrected chi connectivity index (χ3v) is 2.21. The van der Waals surface area contributed by atoms with Gasteiger partial charge in [-0.05, 0) is 0 Å². The summed E-state index contributed by atoms with van der Waals surface area (Å²) in [4.78, 5) is 0. The van der Waals surface area contributed by atoms with Crippen molar-refractivity contribution in [3.05, 3.63) is 0 Å². The lowest BCUT2D eigenvalue weighted by atomic mass is 9.97. The van der Waals surface area contributed by atoms with E-state index in [1.807, 2.05) is 0 Å². The van der Waals surface area contributed by atoms with Crippen molar-refractivity contribution < 1.29 is 19.7 Å². The molecular weight excluding hydrogens is 247 g/mol. The lowest BCUT2D eigenvalue weighted by molar-refractivity contribution is -0.248. The van der Waals surface area contributed by atoms with Crippen LogP contribution in [-0.4, -0.2) is 54.5 Å². The number of hydrogen-bond donors (Lipinski definition) is 4. The highest BCUT2D eigenvalue weighted by atomic mass is 35.5. The number of nitrogens with two attached hydrogens (primary N) is 2. The van der Waals surface area contributed by atoms with Crippen molar-refractivity contribution in [3.63, 3.8) is 0 Å². The van der Waals surface area contributed by atoms with Crippen LogP contribution < -0.4 is 11.5 Å². The van der Waals surface area contributed by atoms with Gasteiger partial charge in [-0.3, -0.25) is 0 Å². The zero-order chi connectivity index (χ0) is 10.0. The molecule has 0 aromatic carbocycles. The van der Waals surface area contributed by atoms with Gasteiger partial charge >= 0.3 is 0 Å². The van der Waals surface area contributed by atoms with E-state index in [9.17, 15) is 10.2 Å². The van der Waals surface area contributed by atoms with E-state index in [2.05, 4.69) is 0 Å². The molecular formula is C7H18Cl2N2O4. The quantitative estimate of drug-likeness (QED) is 0.469. The molecule has 0 spiro atoms. The van der Waals surface area contributed by atoms with Crippen molar-refractivity contribution in [1.29, 1.82) is 0 Å². The summed E-state index contributed by atoms with van der Waals surface area (Å²) in [6.07, 6.45) is -3.45. The SMILES string of the molecule is CO[C@H]1O[C@H](CN)[C@@H](O)[C@H](O)[C@H]1N.Cl.Cl. The molecule has 0 aromatic rings. The Morgan fingerprint density at radius 3 is 2.20 bits per heavy atom. The van der Waals surface area contributed by atoms with Crippen molar-refractivity contribution in [2.45, 2.75) is 30.6 Å². The predicted molar refractivity (Wildman–Crippen MR) is 59.2 cm³/mol. The van der Waals surface area contributed by atoms with Crippen LogP contribution in [0.25, 0.3) is 0 Å². The van der Waals surface area contributed by atoms with Crippen LogP contribution in [0.5, 0.6) is 0 Å². The summed E-state index contributed by atoms with van der Waals surface area (Å²) in [6.45, 7) is 0.116. The maximum atomic E-state index is 9.46. The Kier molecular flexibility index (Phi) is 8.97. The number of aliphatic hydroxyl groups is 2. The molecule has 1 heterocycles. The fourth-order valence-corrected chi connectivity index (χ4v) is 1.36. The van der Waals surface area contributed by atoms with Crippen LogP contribution >= 0.6 is 24.8 Å². The third kappa shape index (κ3) is 3.69. The average molecular weight is 265 g/mol. The molecule has 1 saturated heterocycles. The van der Waals surface area contributed by atoms with Gasteiger partial charge in [-0.2, -0.15) is 0 Å². The summed E-state index contributed by atoms with van der Waals surface area (Å²) < 4.78 is 10.1. The fraction of sp³-hybridized carbons (Fsp3) is 1.00. The second-order valence-corrected chi connectivity index (χ2v) is 3.07. The monoisotopic (exact) mass is 264 g/mol. The minimum atomic E-state index is -1.06. The Morgan fingerprint density at radius 1 is 1.27 bits per heavy atom. The van der Waals surface area contributed by atoms with E-state index in [4.69, 9.17) is 20.9 Å². The van der Waals surface area contributed by atoms with Crippen LogP contribution in [0.1, 0.15) is 0 Å². The molecule has 0 bridgehead atoms. The zero-order valence-corrected chi connectivity index (χ0v) is 9.91. The topological polar surface area (TPSA) is 111 Å². The first kappa shape index (κ1) is 17.7. The van der Waals surface area contributed by atoms with Crippen LogP contribution in [0.2, 0.25) is 0 Å². The maximum absolute atomic E-state index is 9.46. The lowest BCUT2D eigenvalue weighted by Crippen LogP contribution is -2.62. The molecule has 6 nitrogen and oxygen atoms in total. The molecule has 0 saturated carbocycles. The molecule has 5 atom stereocenters. The van der Waals surface area contributed by atoms with E-state index in [1.54, 1.807) is 0 Å². The van der Waals surface area contributed by atoms with E-state index in [-0.39, 0.29) is 31.4 Å². The van der Waals surface area contributed by atoms with Crippen molar-refractivity contribution >= 4 is 24.8 Å². The number of methoxy groups -OCH3 is 1. The maximum Gasteiger partial charge on any atom is 0.175 e. The third-order valence-electron chi connectivity index (χ3n) is 2.21. The molecule has 0 amide bonds. The van der Waals surface area contributed by atoms with Gasteiger partial charge in [0, 0.05) is 13.7 Å². The van der Waals surface area contributed by atoms with Crippen molar-refractivity contribution in [3.8, 4) is 0 Å². The minimum Gasteiger partial charge on any atom is -0.388 e. The second kappa shape index (κ2) is 7.59. The number of aliphatic hydroxyl groups excluding tert-OH is 2. The Bertz CT molecular complexity index is 157. The molecule has 1 aliphatic heterocycles. The van der Waals surface area contributed by atoms with E-state index in [1.165, 1.54) is 7.11 Å². The Hall–Kier alpha value is 0.340. The summed E-state index contributed by atoms with van der Waals surface area (Å²) in [7, 11) is 1.42. The predicted octanol–water partition coefficient (Wildman–Crippen LogP) is -1.79. The van der Waals surface area contributed by atoms with Gasteiger partial charge < -0.3 is 31.2 Å². The van der Waals surface area contributed by atoms with Crippen LogP contribution in [-0.2, 0) is 9.47 Å². The molecule has 15 heavy (non-hydrogen) atoms. The molecule has 0 aliphatic carbocycles. The molecule has 1 aliphatic rings. The van der Waals surface area contributed by atoms with Gasteiger partial charge in [-0.15, -0.1) is 24.8 Å². The molecule has 1 rings (SSSR count). The van der Waals surface area contributed by atoms with Crippen molar-refractivity contribution in [1.82, 2.24) is 0 Å². The average Bonchev–Trinajstić information content (AvgIpc) is 2.15. The summed E-state index contributed by atoms with van der Waals surface area (Å²) in [6, 6.07) is -0.747. The highest BCUT2D eigenvalue weighted by molar-refractivity contribution is 5.85. The number of halogens is 2. The van der Waals surface area contributed by atoms with Gasteiger partial charge in [0.2, 0.25) is 0 Å². The minimum absolute atomic E-state index is 0. The summed E-state index contributed by atoms with van der Waals surface area (Å²) in [5.41, 5.74) is 10.9. The first-order chi connectivity index (χ1) is 6.11. The zero-order valence-electron chi connectivity index (χ0n) is 8.28. The number of ether oxygens (including phenoxy) is 2. The molecule has 8 heteroatoms. The van der Waals surface area contributed by atoms with Gasteiger partial charge in [0.15, 0.2) is 6.29 Å². The van der Waals surface area contributed by atoms with Crippen LogP contribution in [0.15, 0.2) is 0 Å². The summed E-state index contributed by atoms with van der Waals surface area (Å²) >= 11 is 0. The Balaban J connectivity index is 0. The van der Waals surface area contributed by atoms with Crippen LogP contribution in [0, 0.1) is 0 Å². The molecule has 94 valence electrons. The van der Waals surface area contributed by atoms with Crippen LogP contribution in [0.3, 0.4) is 0 Å². The second-order valence-electron chi connectivity index (χ2n) is 3.07. The van der Waals surface area contributed by atoms with E-state index in [0.717, 1.165) is 0 Å². The number of rotatable bonds is 2. The van der Waals surface area contributed by atoms with Crippen molar-refractivity contribution in [2.75, 3.05) is 13.7 Å². The first-order valence-corrected chi connectivity index (χ1v) is 4.11. The molecule has 0 radical (unpaired) electrons. The van der Waals surface area contributed by atoms with Gasteiger partial charge in [0.25, 0.3) is 0 Å². The highest BCUT2D eigenvalue weighted by Crippen LogP contribution is 2.19. The summed E-state index contributed by atoms with van der Waals surface area (Å²) in [5, 5.41) is 18.9. The highest BCUT2D eigenvalue weighted by Gasteiger charge is 2.42. The van der Waals surface area contributed by atoms with Crippen molar-refractivity contribution in [2.24, 2.45) is 11.5 Å². The van der Waals surface area contributed by atoms with Gasteiger partial charge in [0.05, 0.1) is 6.04 Å². The molecule has 0 unspecified atom stereocenters. The standard InChI is InChI=1S/C7H16N2O4.2ClH/c1-12-7-4(9)6(11)5(10)3(2-8)13-7;;/h3-7,10-11H,2,8-9H2,1H3;2*1H/t3-,4-,5-,6-,7+;;/m1../s1. The van der Waals surface area contributed by atoms with Gasteiger partial charge in [0.1, 0.15) is 18.3 Å². The normalized spacial score (nSPS) is 40.2. The molecule has 1 fully saturated rings. The Labute approximate surface area is 101 Å². The smallest absolute Gasteiger partial charge is 0.175 e.